The predicted molar refractivity (Wildman–Crippen MR) is 202 cm³/mol. The summed E-state index contributed by atoms with van der Waals surface area (Å²) in [5.74, 6) is -4.26. The Balaban J connectivity index is 1.24. The first-order chi connectivity index (χ1) is 29.0. The van der Waals surface area contributed by atoms with Crippen LogP contribution in [0, 0.1) is 0 Å². The topological polar surface area (TPSA) is 331 Å². The molecule has 3 aromatic rings. The zero-order valence-electron chi connectivity index (χ0n) is 31.9. The van der Waals surface area contributed by atoms with Gasteiger partial charge in [0.1, 0.15) is 91.3 Å². The number of carboxylic acids is 1. The first-order valence-corrected chi connectivity index (χ1v) is 18.4. The molecule has 6 rings (SSSR count). The van der Waals surface area contributed by atoms with Crippen molar-refractivity contribution in [1.29, 1.82) is 0 Å². The molecule has 0 spiro atoms. The van der Waals surface area contributed by atoms with Crippen molar-refractivity contribution in [2.75, 3.05) is 20.3 Å². The number of aliphatic hydroxyl groups is 7. The number of fused-ring (bicyclic) bond motifs is 1. The summed E-state index contributed by atoms with van der Waals surface area (Å²) >= 11 is 0. The van der Waals surface area contributed by atoms with Gasteiger partial charge in [0.25, 0.3) is 11.9 Å². The van der Waals surface area contributed by atoms with Crippen LogP contribution in [0.2, 0.25) is 0 Å². The largest absolute Gasteiger partial charge is 0.571 e. The summed E-state index contributed by atoms with van der Waals surface area (Å²) < 4.78 is 43.3. The van der Waals surface area contributed by atoms with Crippen LogP contribution in [-0.2, 0) is 38.1 Å². The molecule has 61 heavy (non-hydrogen) atoms. The van der Waals surface area contributed by atoms with E-state index in [0.717, 1.165) is 12.1 Å². The molecule has 11 atom stereocenters. The maximum Gasteiger partial charge on any atom is 0.330 e. The Kier molecular flexibility index (Phi) is 13.9. The molecule has 1 unspecified atom stereocenters. The molecule has 3 heterocycles. The van der Waals surface area contributed by atoms with Crippen molar-refractivity contribution >= 4 is 30.1 Å². The molecular formula is C40H43O21+. The summed E-state index contributed by atoms with van der Waals surface area (Å²) in [5, 5.41) is 104. The lowest BCUT2D eigenvalue weighted by atomic mass is 9.98. The number of aromatic hydroxyl groups is 4. The van der Waals surface area contributed by atoms with Gasteiger partial charge in [-0.05, 0) is 48.0 Å². The molecule has 3 aliphatic heterocycles. The maximum absolute atomic E-state index is 12.6. The van der Waals surface area contributed by atoms with E-state index in [9.17, 15) is 60.3 Å². The maximum atomic E-state index is 12.6. The summed E-state index contributed by atoms with van der Waals surface area (Å²) in [7, 11) is 1.35. The quantitative estimate of drug-likeness (QED) is 0.0420. The summed E-state index contributed by atoms with van der Waals surface area (Å²) in [4.78, 5) is 35.3. The Morgan fingerprint density at radius 2 is 1.34 bits per heavy atom. The molecule has 21 nitrogen and oxygen atoms in total. The van der Waals surface area contributed by atoms with Gasteiger partial charge in [-0.1, -0.05) is 6.07 Å². The van der Waals surface area contributed by atoms with Crippen LogP contribution in [0.3, 0.4) is 0 Å². The molecule has 11 N–H and O–H groups in total. The fourth-order valence-corrected chi connectivity index (χ4v) is 6.45. The summed E-state index contributed by atoms with van der Waals surface area (Å²) in [6.07, 6.45) is -16.1. The summed E-state index contributed by atoms with van der Waals surface area (Å²) in [6.45, 7) is -1.37. The van der Waals surface area contributed by atoms with Gasteiger partial charge in [0.05, 0.1) is 18.7 Å². The van der Waals surface area contributed by atoms with Crippen molar-refractivity contribution in [2.24, 2.45) is 0 Å². The van der Waals surface area contributed by atoms with E-state index in [-0.39, 0.29) is 40.1 Å². The lowest BCUT2D eigenvalue weighted by Crippen LogP contribution is -2.60. The number of carbonyl (C=O) groups excluding carboxylic acids is 2. The number of hydrogen-bond donors (Lipinski definition) is 10. The van der Waals surface area contributed by atoms with Crippen molar-refractivity contribution in [2.45, 2.75) is 73.9 Å². The van der Waals surface area contributed by atoms with Gasteiger partial charge >= 0.3 is 17.9 Å². The van der Waals surface area contributed by atoms with Crippen molar-refractivity contribution in [3.05, 3.63) is 83.1 Å². The van der Waals surface area contributed by atoms with E-state index in [4.69, 9.17) is 38.3 Å². The smallest absolute Gasteiger partial charge is 0.330 e. The molecule has 0 bridgehead atoms. The average molecular weight is 860 g/mol. The number of aliphatic hydroxyl groups excluding tert-OH is 6. The monoisotopic (exact) mass is 859 g/mol. The van der Waals surface area contributed by atoms with Gasteiger partial charge < -0.3 is 89.0 Å². The zero-order valence-corrected chi connectivity index (χ0v) is 31.9. The van der Waals surface area contributed by atoms with Crippen LogP contribution < -0.4 is 9.47 Å². The number of benzene rings is 3. The van der Waals surface area contributed by atoms with Gasteiger partial charge in [0, 0.05) is 18.2 Å². The number of rotatable bonds is 14. The predicted octanol–water partition coefficient (Wildman–Crippen LogP) is -0.566. The van der Waals surface area contributed by atoms with Gasteiger partial charge in [-0.2, -0.15) is 0 Å². The molecule has 3 aliphatic rings. The van der Waals surface area contributed by atoms with Gasteiger partial charge in [-0.15, -0.1) is 0 Å². The van der Waals surface area contributed by atoms with E-state index < -0.39 is 111 Å². The molecule has 0 aliphatic carbocycles. The fraction of sp³-hybridized carbons (Fsp3) is 0.375. The normalized spacial score (nSPS) is 28.4. The Morgan fingerprint density at radius 3 is 1.97 bits per heavy atom. The average Bonchev–Trinajstić information content (AvgIpc) is 3.22. The Hall–Kier alpha value is -6.17. The molecule has 328 valence electrons. The highest BCUT2D eigenvalue weighted by atomic mass is 16.7. The minimum atomic E-state index is -1.93. The molecule has 0 aromatic heterocycles. The highest BCUT2D eigenvalue weighted by molar-refractivity contribution is 5.90. The number of aliphatic carboxylic acids is 1. The lowest BCUT2D eigenvalue weighted by Gasteiger charge is -2.41. The van der Waals surface area contributed by atoms with Crippen molar-refractivity contribution in [1.82, 2.24) is 0 Å². The third-order valence-electron chi connectivity index (χ3n) is 9.68. The third-order valence-corrected chi connectivity index (χ3v) is 9.68. The van der Waals surface area contributed by atoms with Gasteiger partial charge in [0.15, 0.2) is 17.3 Å². The van der Waals surface area contributed by atoms with Crippen molar-refractivity contribution < 1.29 is 103 Å². The van der Waals surface area contributed by atoms with Crippen LogP contribution in [0.1, 0.15) is 29.2 Å². The molecule has 0 radical (unpaired) electrons. The number of hydrogen-bond acceptors (Lipinski definition) is 19. The minimum Gasteiger partial charge on any atom is -0.571 e. The molecular weight excluding hydrogens is 816 g/mol. The second-order valence-electron chi connectivity index (χ2n) is 14.0. The standard InChI is InChI=1S/C40H42O21/c1-54-25-10-17(2-8-22(25)43)3-9-30(46)55-15-27-32(48)35(51)37(53)40(61-27)59-26-13-21-23(57-38(26)18-4-6-19(41)7-5-18)11-20(42)12-24(21)58-39-36(52)34(50)33(49)28(60-39)16-56-31(47)14-29(44)45/h2-13,27-28,32-43,48-53H,14-16H2,1H3,(H,44,45)/p+1/b9-3+/t27-,28-,32+,33+,34+,35+,36-,37-,38?,39-,40-/m1/s1. The van der Waals surface area contributed by atoms with Crippen LogP contribution in [0.25, 0.3) is 12.2 Å². The Morgan fingerprint density at radius 1 is 0.721 bits per heavy atom. The molecule has 0 amide bonds. The van der Waals surface area contributed by atoms with Crippen LogP contribution in [0.4, 0.5) is 0 Å². The highest BCUT2D eigenvalue weighted by Gasteiger charge is 2.48. The SMILES string of the molecule is COc1cc(/C=C/C(=O)OC[C@H]2O[C@@H](OC3=Cc4c(O[C@@H]5O[C@H](COC(=O)CC(=O)O)[C@H](O)[C@H](O)[C@H]5O)cc(O)cc4[OH+]C3c3ccc(O)cc3)[C@H](O)[C@@H](O)[C@H]2O)ccc1O. The van der Waals surface area contributed by atoms with E-state index in [1.54, 1.807) is 0 Å². The molecule has 2 saturated heterocycles. The molecule has 3 aromatic carbocycles. The van der Waals surface area contributed by atoms with Gasteiger partial charge in [-0.3, -0.25) is 9.59 Å². The summed E-state index contributed by atoms with van der Waals surface area (Å²) in [5.41, 5.74) is 0.934. The number of phenols is 3. The van der Waals surface area contributed by atoms with E-state index in [0.29, 0.717) is 11.1 Å². The van der Waals surface area contributed by atoms with E-state index in [1.165, 1.54) is 67.8 Å². The van der Waals surface area contributed by atoms with Crippen LogP contribution >= 0.6 is 0 Å². The zero-order chi connectivity index (χ0) is 44.1. The van der Waals surface area contributed by atoms with Crippen molar-refractivity contribution in [3.8, 4) is 34.5 Å². The number of phenolic OH excluding ortho intramolecular Hbond substituents is 3. The number of methoxy groups -OCH3 is 1. The van der Waals surface area contributed by atoms with E-state index in [1.807, 2.05) is 0 Å². The first-order valence-electron chi connectivity index (χ1n) is 18.4. The summed E-state index contributed by atoms with van der Waals surface area (Å²) in [6, 6.07) is 12.4. The third kappa shape index (κ3) is 10.4. The number of ether oxygens (including phenoxy) is 8. The highest BCUT2D eigenvalue weighted by Crippen LogP contribution is 2.46. The number of carbonyl (C=O) groups is 3. The molecule has 21 heteroatoms. The lowest BCUT2D eigenvalue weighted by molar-refractivity contribution is -0.296. The number of esters is 2. The Bertz CT molecular complexity index is 2120. The second-order valence-corrected chi connectivity index (χ2v) is 14.0. The first kappa shape index (κ1) is 44.4. The molecule has 2 fully saturated rings. The van der Waals surface area contributed by atoms with Gasteiger partial charge in [0.2, 0.25) is 12.6 Å². The second kappa shape index (κ2) is 19.0. The fourth-order valence-electron chi connectivity index (χ4n) is 6.45. The minimum absolute atomic E-state index is 0.0538. The van der Waals surface area contributed by atoms with Crippen molar-refractivity contribution in [3.63, 3.8) is 0 Å². The number of carboxylic acid groups (broad SMARTS) is 1. The van der Waals surface area contributed by atoms with Crippen LogP contribution in [0.5, 0.6) is 34.5 Å². The van der Waals surface area contributed by atoms with E-state index >= 15 is 0 Å². The Labute approximate surface area is 345 Å². The molecule has 0 saturated carbocycles. The van der Waals surface area contributed by atoms with Crippen LogP contribution in [0.15, 0.2) is 66.4 Å². The van der Waals surface area contributed by atoms with Gasteiger partial charge in [-0.25, -0.2) is 4.79 Å². The van der Waals surface area contributed by atoms with Crippen LogP contribution in [-0.4, -0.2) is 155 Å². The van der Waals surface area contributed by atoms with E-state index in [2.05, 4.69) is 4.74 Å².